The van der Waals surface area contributed by atoms with Gasteiger partial charge in [-0.05, 0) is 44.1 Å². The van der Waals surface area contributed by atoms with Gasteiger partial charge in [0, 0.05) is 31.0 Å². The molecule has 0 unspecified atom stereocenters. The molecular formula is C18H23N3O2. The number of nitrogens with zero attached hydrogens (tertiary/aromatic N) is 3. The van der Waals surface area contributed by atoms with Gasteiger partial charge in [0.2, 0.25) is 5.91 Å². The quantitative estimate of drug-likeness (QED) is 0.796. The summed E-state index contributed by atoms with van der Waals surface area (Å²) >= 11 is 0. The van der Waals surface area contributed by atoms with Gasteiger partial charge in [-0.2, -0.15) is 5.10 Å². The maximum Gasteiger partial charge on any atom is 0.267 e. The molecule has 0 bridgehead atoms. The highest BCUT2D eigenvalue weighted by atomic mass is 16.2. The number of carbonyl (C=O) groups excluding carboxylic acids is 1. The third-order valence-electron chi connectivity index (χ3n) is 5.33. The Morgan fingerprint density at radius 1 is 1.17 bits per heavy atom. The first kappa shape index (κ1) is 14.7. The second kappa shape index (κ2) is 5.95. The summed E-state index contributed by atoms with van der Waals surface area (Å²) in [5, 5.41) is 4.57. The fourth-order valence-corrected chi connectivity index (χ4v) is 3.92. The maximum atomic E-state index is 12.3. The monoisotopic (exact) mass is 313 g/mol. The van der Waals surface area contributed by atoms with Crippen molar-refractivity contribution in [3.05, 3.63) is 39.8 Å². The third-order valence-corrected chi connectivity index (χ3v) is 5.33. The van der Waals surface area contributed by atoms with Crippen LogP contribution in [0.4, 0.5) is 0 Å². The minimum atomic E-state index is 0.00965. The van der Waals surface area contributed by atoms with Gasteiger partial charge in [0.05, 0.1) is 12.2 Å². The SMILES string of the molecule is O=C(C1CC=CC1)N1CC(Cn2nc3c(cc2=O)CCCC3)C1. The molecule has 1 fully saturated rings. The van der Waals surface area contributed by atoms with E-state index in [1.165, 1.54) is 6.42 Å². The van der Waals surface area contributed by atoms with Gasteiger partial charge in [0.1, 0.15) is 0 Å². The van der Waals surface area contributed by atoms with Gasteiger partial charge < -0.3 is 4.90 Å². The molecule has 0 spiro atoms. The predicted molar refractivity (Wildman–Crippen MR) is 87.1 cm³/mol. The molecule has 1 amide bonds. The maximum absolute atomic E-state index is 12.3. The molecule has 0 radical (unpaired) electrons. The zero-order chi connectivity index (χ0) is 15.8. The topological polar surface area (TPSA) is 55.2 Å². The molecule has 23 heavy (non-hydrogen) atoms. The van der Waals surface area contributed by atoms with Crippen LogP contribution in [-0.4, -0.2) is 33.7 Å². The lowest BCUT2D eigenvalue weighted by atomic mass is 9.95. The lowest BCUT2D eigenvalue weighted by molar-refractivity contribution is -0.142. The van der Waals surface area contributed by atoms with Crippen LogP contribution >= 0.6 is 0 Å². The highest BCUT2D eigenvalue weighted by Gasteiger charge is 2.35. The van der Waals surface area contributed by atoms with Crippen molar-refractivity contribution >= 4 is 5.91 Å². The molecule has 1 aromatic heterocycles. The minimum Gasteiger partial charge on any atom is -0.342 e. The number of allylic oxidation sites excluding steroid dienone is 2. The van der Waals surface area contributed by atoms with E-state index in [9.17, 15) is 9.59 Å². The van der Waals surface area contributed by atoms with Gasteiger partial charge in [-0.15, -0.1) is 0 Å². The summed E-state index contributed by atoms with van der Waals surface area (Å²) in [5.41, 5.74) is 2.24. The van der Waals surface area contributed by atoms with Crippen molar-refractivity contribution in [3.63, 3.8) is 0 Å². The van der Waals surface area contributed by atoms with Crippen molar-refractivity contribution in [1.82, 2.24) is 14.7 Å². The van der Waals surface area contributed by atoms with Gasteiger partial charge in [0.15, 0.2) is 0 Å². The van der Waals surface area contributed by atoms with Gasteiger partial charge in [-0.1, -0.05) is 12.2 Å². The van der Waals surface area contributed by atoms with E-state index in [1.807, 2.05) is 4.90 Å². The number of amides is 1. The molecule has 0 saturated carbocycles. The molecule has 1 aliphatic heterocycles. The van der Waals surface area contributed by atoms with Crippen LogP contribution in [0, 0.1) is 11.8 Å². The Hall–Kier alpha value is -1.91. The Kier molecular flexibility index (Phi) is 3.79. The van der Waals surface area contributed by atoms with E-state index in [0.717, 1.165) is 56.5 Å². The Bertz CT molecular complexity index is 693. The lowest BCUT2D eigenvalue weighted by Gasteiger charge is -2.40. The minimum absolute atomic E-state index is 0.00965. The highest BCUT2D eigenvalue weighted by Crippen LogP contribution is 2.26. The summed E-state index contributed by atoms with van der Waals surface area (Å²) in [6.45, 7) is 2.17. The van der Waals surface area contributed by atoms with Crippen LogP contribution < -0.4 is 5.56 Å². The van der Waals surface area contributed by atoms with Crippen LogP contribution in [0.1, 0.15) is 36.9 Å². The molecule has 3 aliphatic rings. The number of rotatable bonds is 3. The van der Waals surface area contributed by atoms with Crippen molar-refractivity contribution in [3.8, 4) is 0 Å². The smallest absolute Gasteiger partial charge is 0.267 e. The van der Waals surface area contributed by atoms with Gasteiger partial charge in [0.25, 0.3) is 5.56 Å². The molecule has 2 aliphatic carbocycles. The molecular weight excluding hydrogens is 290 g/mol. The molecule has 5 nitrogen and oxygen atoms in total. The average Bonchev–Trinajstić information content (AvgIpc) is 3.04. The van der Waals surface area contributed by atoms with Crippen molar-refractivity contribution < 1.29 is 4.79 Å². The van der Waals surface area contributed by atoms with Crippen molar-refractivity contribution in [2.45, 2.75) is 45.1 Å². The van der Waals surface area contributed by atoms with Gasteiger partial charge in [-0.3, -0.25) is 9.59 Å². The fourth-order valence-electron chi connectivity index (χ4n) is 3.92. The van der Waals surface area contributed by atoms with E-state index in [0.29, 0.717) is 12.5 Å². The number of hydrogen-bond acceptors (Lipinski definition) is 3. The number of hydrogen-bond donors (Lipinski definition) is 0. The second-order valence-electron chi connectivity index (χ2n) is 7.09. The molecule has 0 aromatic carbocycles. The molecule has 1 saturated heterocycles. The Balaban J connectivity index is 1.37. The van der Waals surface area contributed by atoms with Crippen LogP contribution in [0.5, 0.6) is 0 Å². The fraction of sp³-hybridized carbons (Fsp3) is 0.611. The van der Waals surface area contributed by atoms with Crippen LogP contribution in [0.15, 0.2) is 23.0 Å². The Labute approximate surface area is 136 Å². The Morgan fingerprint density at radius 3 is 2.70 bits per heavy atom. The number of fused-ring (bicyclic) bond motifs is 1. The lowest BCUT2D eigenvalue weighted by Crippen LogP contribution is -2.53. The molecule has 0 atom stereocenters. The zero-order valence-corrected chi connectivity index (χ0v) is 13.4. The summed E-state index contributed by atoms with van der Waals surface area (Å²) < 4.78 is 1.62. The van der Waals surface area contributed by atoms with E-state index in [-0.39, 0.29) is 17.4 Å². The summed E-state index contributed by atoms with van der Waals surface area (Å²) in [4.78, 5) is 26.4. The van der Waals surface area contributed by atoms with Crippen molar-refractivity contribution in [2.24, 2.45) is 11.8 Å². The number of likely N-dealkylation sites (tertiary alicyclic amines) is 1. The second-order valence-corrected chi connectivity index (χ2v) is 7.09. The number of aromatic nitrogens is 2. The summed E-state index contributed by atoms with van der Waals surface area (Å²) in [7, 11) is 0. The van der Waals surface area contributed by atoms with Gasteiger partial charge >= 0.3 is 0 Å². The average molecular weight is 313 g/mol. The summed E-state index contributed by atoms with van der Waals surface area (Å²) in [6, 6.07) is 1.77. The first-order valence-corrected chi connectivity index (χ1v) is 8.74. The largest absolute Gasteiger partial charge is 0.342 e. The van der Waals surface area contributed by atoms with Crippen LogP contribution in [0.25, 0.3) is 0 Å². The van der Waals surface area contributed by atoms with E-state index < -0.39 is 0 Å². The summed E-state index contributed by atoms with van der Waals surface area (Å²) in [6.07, 6.45) is 10.2. The van der Waals surface area contributed by atoms with E-state index >= 15 is 0 Å². The van der Waals surface area contributed by atoms with Gasteiger partial charge in [-0.25, -0.2) is 4.68 Å². The zero-order valence-electron chi connectivity index (χ0n) is 13.4. The molecule has 5 heteroatoms. The van der Waals surface area contributed by atoms with Crippen molar-refractivity contribution in [2.75, 3.05) is 13.1 Å². The van der Waals surface area contributed by atoms with Crippen LogP contribution in [-0.2, 0) is 24.2 Å². The molecule has 0 N–H and O–H groups in total. The van der Waals surface area contributed by atoms with Crippen molar-refractivity contribution in [1.29, 1.82) is 0 Å². The number of carbonyl (C=O) groups is 1. The Morgan fingerprint density at radius 2 is 1.91 bits per heavy atom. The molecule has 1 aromatic rings. The normalized spacial score (nSPS) is 21.3. The highest BCUT2D eigenvalue weighted by molar-refractivity contribution is 5.80. The third kappa shape index (κ3) is 2.84. The first-order valence-electron chi connectivity index (χ1n) is 8.74. The van der Waals surface area contributed by atoms with E-state index in [4.69, 9.17) is 0 Å². The molecule has 2 heterocycles. The summed E-state index contributed by atoms with van der Waals surface area (Å²) in [5.74, 6) is 0.790. The first-order chi connectivity index (χ1) is 11.2. The van der Waals surface area contributed by atoms with Crippen LogP contribution in [0.2, 0.25) is 0 Å². The molecule has 122 valence electrons. The standard InChI is InChI=1S/C18H23N3O2/c22-17-9-15-7-3-4-8-16(15)19-21(17)12-13-10-20(11-13)18(23)14-5-1-2-6-14/h1-2,9,13-14H,3-8,10-12H2. The number of aryl methyl sites for hydroxylation is 2. The van der Waals surface area contributed by atoms with E-state index in [2.05, 4.69) is 17.3 Å². The van der Waals surface area contributed by atoms with E-state index in [1.54, 1.807) is 10.7 Å². The molecule has 4 rings (SSSR count). The van der Waals surface area contributed by atoms with Crippen LogP contribution in [0.3, 0.4) is 0 Å². The predicted octanol–water partition coefficient (Wildman–Crippen LogP) is 1.55.